The van der Waals surface area contributed by atoms with Crippen molar-refractivity contribution in [2.75, 3.05) is 0 Å². The van der Waals surface area contributed by atoms with Crippen molar-refractivity contribution >= 4 is 21.4 Å². The molecule has 1 aromatic carbocycles. The minimum atomic E-state index is -4.27. The van der Waals surface area contributed by atoms with Gasteiger partial charge in [-0.3, -0.25) is 0 Å². The summed E-state index contributed by atoms with van der Waals surface area (Å²) in [6.45, 7) is 3.61. The molecular weight excluding hydrogens is 209 g/mol. The monoisotopic (exact) mass is 215 g/mol. The van der Waals surface area contributed by atoms with Crippen LogP contribution in [-0.2, 0) is 6.18 Å². The molecule has 0 fully saturated rings. The van der Waals surface area contributed by atoms with Crippen LogP contribution in [0, 0.1) is 6.92 Å². The number of benzene rings is 1. The van der Waals surface area contributed by atoms with Gasteiger partial charge in [-0.2, -0.15) is 13.2 Å². The molecule has 2 rings (SSSR count). The Bertz CT molecular complexity index is 468. The Labute approximate surface area is 83.0 Å². The molecule has 0 amide bonds. The quantitative estimate of drug-likeness (QED) is 0.620. The van der Waals surface area contributed by atoms with E-state index >= 15 is 0 Å². The normalized spacial score (nSPS) is 12.3. The molecule has 0 aliphatic carbocycles. The molecule has 73 valence electrons. The van der Waals surface area contributed by atoms with Crippen LogP contribution >= 0.6 is 11.3 Å². The predicted octanol–water partition coefficient (Wildman–Crippen LogP) is 4.10. The van der Waals surface area contributed by atoms with Gasteiger partial charge >= 0.3 is 6.18 Å². The summed E-state index contributed by atoms with van der Waals surface area (Å²) in [7, 11) is 0. The lowest BCUT2D eigenvalue weighted by Gasteiger charge is -2.04. The van der Waals surface area contributed by atoms with Crippen LogP contribution in [0.4, 0.5) is 13.2 Å². The van der Waals surface area contributed by atoms with E-state index in [1.807, 2.05) is 0 Å². The van der Waals surface area contributed by atoms with Gasteiger partial charge in [-0.1, -0.05) is 6.07 Å². The van der Waals surface area contributed by atoms with Gasteiger partial charge in [-0.15, -0.1) is 11.3 Å². The van der Waals surface area contributed by atoms with Crippen molar-refractivity contribution in [1.82, 2.24) is 0 Å². The third-order valence-corrected chi connectivity index (χ3v) is 2.91. The van der Waals surface area contributed by atoms with Gasteiger partial charge in [-0.25, -0.2) is 0 Å². The molecule has 4 heteroatoms. The highest BCUT2D eigenvalue weighted by atomic mass is 32.1. The summed E-state index contributed by atoms with van der Waals surface area (Å²) >= 11 is 1.10. The topological polar surface area (TPSA) is 0 Å². The van der Waals surface area contributed by atoms with Gasteiger partial charge in [0.2, 0.25) is 0 Å². The molecule has 0 unspecified atom stereocenters. The van der Waals surface area contributed by atoms with Crippen LogP contribution in [0.5, 0.6) is 0 Å². The minimum Gasteiger partial charge on any atom is -0.166 e. The zero-order valence-corrected chi connectivity index (χ0v) is 7.88. The van der Waals surface area contributed by atoms with Crippen molar-refractivity contribution in [1.29, 1.82) is 0 Å². The van der Waals surface area contributed by atoms with E-state index in [2.05, 4.69) is 6.92 Å². The molecule has 0 N–H and O–H groups in total. The van der Waals surface area contributed by atoms with Crippen molar-refractivity contribution in [3.8, 4) is 0 Å². The molecule has 1 radical (unpaired) electrons. The fourth-order valence-corrected chi connectivity index (χ4v) is 2.24. The average Bonchev–Trinajstić information content (AvgIpc) is 2.45. The Morgan fingerprint density at radius 2 is 1.93 bits per heavy atom. The molecule has 0 aliphatic heterocycles. The van der Waals surface area contributed by atoms with Gasteiger partial charge in [0.25, 0.3) is 0 Å². The smallest absolute Gasteiger partial charge is 0.166 e. The van der Waals surface area contributed by atoms with E-state index in [0.717, 1.165) is 16.7 Å². The number of alkyl halides is 3. The van der Waals surface area contributed by atoms with Gasteiger partial charge in [-0.05, 0) is 24.6 Å². The van der Waals surface area contributed by atoms with Gasteiger partial charge < -0.3 is 0 Å². The Kier molecular flexibility index (Phi) is 2.03. The SMILES string of the molecule is [CH2]c1ccc2scc(C(F)(F)F)c2c1. The van der Waals surface area contributed by atoms with Crippen LogP contribution in [0.2, 0.25) is 0 Å². The number of rotatable bonds is 0. The number of hydrogen-bond donors (Lipinski definition) is 0. The summed E-state index contributed by atoms with van der Waals surface area (Å²) in [6.07, 6.45) is -4.27. The van der Waals surface area contributed by atoms with Crippen molar-refractivity contribution < 1.29 is 13.2 Å². The third kappa shape index (κ3) is 1.50. The Morgan fingerprint density at radius 1 is 1.21 bits per heavy atom. The second kappa shape index (κ2) is 2.98. The van der Waals surface area contributed by atoms with Crippen molar-refractivity contribution in [2.24, 2.45) is 0 Å². The first kappa shape index (κ1) is 9.52. The van der Waals surface area contributed by atoms with Crippen LogP contribution < -0.4 is 0 Å². The second-order valence-corrected chi connectivity index (χ2v) is 3.89. The van der Waals surface area contributed by atoms with E-state index in [4.69, 9.17) is 0 Å². The Balaban J connectivity index is 2.73. The van der Waals surface area contributed by atoms with E-state index in [-0.39, 0.29) is 5.39 Å². The van der Waals surface area contributed by atoms with Crippen molar-refractivity contribution in [3.05, 3.63) is 41.6 Å². The Hall–Kier alpha value is -1.03. The Morgan fingerprint density at radius 3 is 2.57 bits per heavy atom. The molecular formula is C10H6F3S. The fraction of sp³-hybridized carbons (Fsp3) is 0.100. The summed E-state index contributed by atoms with van der Waals surface area (Å²) in [6, 6.07) is 4.84. The van der Waals surface area contributed by atoms with E-state index < -0.39 is 11.7 Å². The van der Waals surface area contributed by atoms with E-state index in [1.54, 1.807) is 12.1 Å². The zero-order valence-electron chi connectivity index (χ0n) is 7.06. The highest BCUT2D eigenvalue weighted by Gasteiger charge is 2.33. The third-order valence-electron chi connectivity index (χ3n) is 1.94. The van der Waals surface area contributed by atoms with Gasteiger partial charge in [0.15, 0.2) is 0 Å². The van der Waals surface area contributed by atoms with Crippen LogP contribution in [-0.4, -0.2) is 0 Å². The number of thiophene rings is 1. The lowest BCUT2D eigenvalue weighted by molar-refractivity contribution is -0.136. The van der Waals surface area contributed by atoms with Gasteiger partial charge in [0, 0.05) is 15.5 Å². The summed E-state index contributed by atoms with van der Waals surface area (Å²) in [5.74, 6) is 0. The van der Waals surface area contributed by atoms with Crippen LogP contribution in [0.25, 0.3) is 10.1 Å². The van der Waals surface area contributed by atoms with Gasteiger partial charge in [0.1, 0.15) is 0 Å². The predicted molar refractivity (Wildman–Crippen MR) is 51.3 cm³/mol. The molecule has 1 heterocycles. The maximum Gasteiger partial charge on any atom is 0.417 e. The van der Waals surface area contributed by atoms with E-state index in [0.29, 0.717) is 10.3 Å². The van der Waals surface area contributed by atoms with Crippen molar-refractivity contribution in [3.63, 3.8) is 0 Å². The maximum absolute atomic E-state index is 12.5. The lowest BCUT2D eigenvalue weighted by Crippen LogP contribution is -2.03. The average molecular weight is 215 g/mol. The first-order chi connectivity index (χ1) is 6.48. The van der Waals surface area contributed by atoms with Crippen LogP contribution in [0.3, 0.4) is 0 Å². The molecule has 1 aromatic heterocycles. The minimum absolute atomic E-state index is 0.245. The second-order valence-electron chi connectivity index (χ2n) is 2.98. The summed E-state index contributed by atoms with van der Waals surface area (Å²) < 4.78 is 38.1. The van der Waals surface area contributed by atoms with Crippen LogP contribution in [0.15, 0.2) is 23.6 Å². The summed E-state index contributed by atoms with van der Waals surface area (Å²) in [4.78, 5) is 0. The highest BCUT2D eigenvalue weighted by Crippen LogP contribution is 2.38. The molecule has 0 spiro atoms. The number of fused-ring (bicyclic) bond motifs is 1. The van der Waals surface area contributed by atoms with Gasteiger partial charge in [0.05, 0.1) is 5.56 Å². The molecule has 2 aromatic rings. The first-order valence-electron chi connectivity index (χ1n) is 3.89. The maximum atomic E-state index is 12.5. The number of halogens is 3. The van der Waals surface area contributed by atoms with Crippen molar-refractivity contribution in [2.45, 2.75) is 6.18 Å². The number of hydrogen-bond acceptors (Lipinski definition) is 1. The zero-order chi connectivity index (χ0) is 10.3. The largest absolute Gasteiger partial charge is 0.417 e. The summed E-state index contributed by atoms with van der Waals surface area (Å²) in [5, 5.41) is 1.39. The molecule has 0 atom stereocenters. The molecule has 0 nitrogen and oxygen atoms in total. The highest BCUT2D eigenvalue weighted by molar-refractivity contribution is 7.17. The molecule has 0 bridgehead atoms. The molecule has 0 aliphatic rings. The molecule has 14 heavy (non-hydrogen) atoms. The van der Waals surface area contributed by atoms with Crippen LogP contribution in [0.1, 0.15) is 11.1 Å². The molecule has 0 saturated heterocycles. The molecule has 0 saturated carbocycles. The van der Waals surface area contributed by atoms with E-state index in [9.17, 15) is 13.2 Å². The fourth-order valence-electron chi connectivity index (χ4n) is 1.30. The summed E-state index contributed by atoms with van der Waals surface area (Å²) in [5.41, 5.74) is 0.0319. The lowest BCUT2D eigenvalue weighted by atomic mass is 10.1. The van der Waals surface area contributed by atoms with E-state index in [1.165, 1.54) is 6.07 Å². The standard InChI is InChI=1S/C10H6F3S/c1-6-2-3-9-7(4-6)8(5-14-9)10(11,12)13/h2-5H,1H2. The first-order valence-corrected chi connectivity index (χ1v) is 4.77.